The van der Waals surface area contributed by atoms with Gasteiger partial charge in [0.25, 0.3) is 0 Å². The maximum Gasteiger partial charge on any atom is 0.241 e. The van der Waals surface area contributed by atoms with Crippen LogP contribution in [0.3, 0.4) is 0 Å². The molecule has 0 spiro atoms. The Bertz CT molecular complexity index is 1180. The molecular weight excluding hydrogens is 448 g/mol. The lowest BCUT2D eigenvalue weighted by molar-refractivity contribution is 0.215. The van der Waals surface area contributed by atoms with Crippen molar-refractivity contribution in [1.29, 1.82) is 0 Å². The number of nitrogens with zero attached hydrogens (tertiary/aromatic N) is 8. The highest BCUT2D eigenvalue weighted by molar-refractivity contribution is 9.10. The average molecular weight is 469 g/mol. The van der Waals surface area contributed by atoms with E-state index in [1.807, 2.05) is 19.2 Å². The summed E-state index contributed by atoms with van der Waals surface area (Å²) >= 11 is 3.54. The lowest BCUT2D eigenvalue weighted by Gasteiger charge is -2.34. The maximum absolute atomic E-state index is 5.49. The van der Waals surface area contributed by atoms with Gasteiger partial charge in [0.15, 0.2) is 5.65 Å². The van der Waals surface area contributed by atoms with Gasteiger partial charge < -0.3 is 9.42 Å². The molecule has 30 heavy (non-hydrogen) atoms. The summed E-state index contributed by atoms with van der Waals surface area (Å²) in [6.07, 6.45) is 1.60. The number of aromatic nitrogens is 6. The van der Waals surface area contributed by atoms with Gasteiger partial charge in [0, 0.05) is 38.8 Å². The number of hydrogen-bond donors (Lipinski definition) is 0. The van der Waals surface area contributed by atoms with E-state index in [1.54, 1.807) is 11.0 Å². The van der Waals surface area contributed by atoms with Crippen molar-refractivity contribution in [3.63, 3.8) is 0 Å². The van der Waals surface area contributed by atoms with Crippen molar-refractivity contribution in [2.45, 2.75) is 13.5 Å². The molecule has 1 saturated heterocycles. The van der Waals surface area contributed by atoms with Crippen LogP contribution in [0.2, 0.25) is 0 Å². The van der Waals surface area contributed by atoms with Gasteiger partial charge in [-0.15, -0.1) is 0 Å². The summed E-state index contributed by atoms with van der Waals surface area (Å²) in [5.41, 5.74) is 3.00. The quantitative estimate of drug-likeness (QED) is 0.451. The molecule has 1 aliphatic rings. The molecule has 0 saturated carbocycles. The number of fused-ring (bicyclic) bond motifs is 1. The molecule has 0 aliphatic carbocycles. The molecule has 0 radical (unpaired) electrons. The van der Waals surface area contributed by atoms with Gasteiger partial charge in [0.05, 0.1) is 11.9 Å². The normalized spacial score (nSPS) is 15.2. The van der Waals surface area contributed by atoms with Gasteiger partial charge in [-0.25, -0.2) is 14.6 Å². The zero-order valence-corrected chi connectivity index (χ0v) is 18.4. The first kappa shape index (κ1) is 19.1. The van der Waals surface area contributed by atoms with Crippen LogP contribution in [0.5, 0.6) is 0 Å². The van der Waals surface area contributed by atoms with Crippen molar-refractivity contribution in [1.82, 2.24) is 34.8 Å². The molecule has 154 valence electrons. The van der Waals surface area contributed by atoms with E-state index < -0.39 is 0 Å². The van der Waals surface area contributed by atoms with Crippen molar-refractivity contribution in [2.75, 3.05) is 31.1 Å². The Morgan fingerprint density at radius 1 is 1.07 bits per heavy atom. The molecule has 0 unspecified atom stereocenters. The summed E-state index contributed by atoms with van der Waals surface area (Å²) in [6.45, 7) is 6.17. The minimum absolute atomic E-state index is 0.633. The molecule has 1 fully saturated rings. The second-order valence-corrected chi connectivity index (χ2v) is 8.20. The number of hydrogen-bond acceptors (Lipinski definition) is 8. The van der Waals surface area contributed by atoms with Crippen LogP contribution in [0.4, 0.5) is 5.82 Å². The third kappa shape index (κ3) is 3.56. The highest BCUT2D eigenvalue weighted by atomic mass is 79.9. The fourth-order valence-electron chi connectivity index (χ4n) is 3.71. The number of benzene rings is 1. The summed E-state index contributed by atoms with van der Waals surface area (Å²) in [5, 5.41) is 9.50. The third-order valence-electron chi connectivity index (χ3n) is 5.37. The van der Waals surface area contributed by atoms with Gasteiger partial charge >= 0.3 is 0 Å². The van der Waals surface area contributed by atoms with E-state index in [-0.39, 0.29) is 0 Å². The van der Waals surface area contributed by atoms with Crippen molar-refractivity contribution < 1.29 is 4.52 Å². The summed E-state index contributed by atoms with van der Waals surface area (Å²) in [7, 11) is 1.89. The van der Waals surface area contributed by atoms with Gasteiger partial charge in [-0.1, -0.05) is 35.0 Å². The number of halogens is 1. The smallest absolute Gasteiger partial charge is 0.241 e. The Balaban J connectivity index is 1.26. The first-order chi connectivity index (χ1) is 14.6. The van der Waals surface area contributed by atoms with Crippen molar-refractivity contribution in [3.8, 4) is 11.4 Å². The summed E-state index contributed by atoms with van der Waals surface area (Å²) < 4.78 is 8.02. The van der Waals surface area contributed by atoms with Gasteiger partial charge in [0.1, 0.15) is 16.7 Å². The lowest BCUT2D eigenvalue weighted by Crippen LogP contribution is -2.46. The molecule has 4 aromatic rings. The number of anilines is 1. The Morgan fingerprint density at radius 3 is 2.60 bits per heavy atom. The highest BCUT2D eigenvalue weighted by Gasteiger charge is 2.24. The largest absolute Gasteiger partial charge is 0.353 e. The van der Waals surface area contributed by atoms with Gasteiger partial charge in [-0.05, 0) is 22.9 Å². The molecular formula is C20H21BrN8O. The molecule has 1 aliphatic heterocycles. The van der Waals surface area contributed by atoms with E-state index in [4.69, 9.17) is 4.52 Å². The average Bonchev–Trinajstić information content (AvgIpc) is 3.33. The molecule has 9 nitrogen and oxygen atoms in total. The topological polar surface area (TPSA) is 89.0 Å². The van der Waals surface area contributed by atoms with E-state index in [9.17, 15) is 0 Å². The second-order valence-electron chi connectivity index (χ2n) is 7.45. The highest BCUT2D eigenvalue weighted by Crippen LogP contribution is 2.30. The van der Waals surface area contributed by atoms with Crippen LogP contribution >= 0.6 is 15.9 Å². The molecule has 0 amide bonds. The van der Waals surface area contributed by atoms with Crippen LogP contribution < -0.4 is 4.90 Å². The first-order valence-corrected chi connectivity index (χ1v) is 10.6. The predicted molar refractivity (Wildman–Crippen MR) is 116 cm³/mol. The van der Waals surface area contributed by atoms with Crippen LogP contribution in [0.25, 0.3) is 22.4 Å². The minimum Gasteiger partial charge on any atom is -0.353 e. The standard InChI is InChI=1S/C20H21BrN8O/c1-13-3-5-14(6-4-13)18-24-15(30-26-18)11-28-7-9-29(10-8-28)20-16-17(21)25-27(2)19(16)22-12-23-20/h3-6,12H,7-11H2,1-2H3. The van der Waals surface area contributed by atoms with E-state index in [0.717, 1.165) is 53.2 Å². The Labute approximate surface area is 181 Å². The molecule has 0 atom stereocenters. The monoisotopic (exact) mass is 468 g/mol. The molecule has 4 heterocycles. The summed E-state index contributed by atoms with van der Waals surface area (Å²) in [6, 6.07) is 8.13. The summed E-state index contributed by atoms with van der Waals surface area (Å²) in [5.74, 6) is 2.19. The zero-order chi connectivity index (χ0) is 20.7. The molecule has 10 heteroatoms. The van der Waals surface area contributed by atoms with Gasteiger partial charge in [-0.3, -0.25) is 4.90 Å². The number of rotatable bonds is 4. The Hall–Kier alpha value is -2.85. The summed E-state index contributed by atoms with van der Waals surface area (Å²) in [4.78, 5) is 18.0. The third-order valence-corrected chi connectivity index (χ3v) is 5.92. The van der Waals surface area contributed by atoms with Crippen LogP contribution in [-0.2, 0) is 13.6 Å². The minimum atomic E-state index is 0.633. The molecule has 5 rings (SSSR count). The van der Waals surface area contributed by atoms with E-state index >= 15 is 0 Å². The Kier molecular flexibility index (Phi) is 4.95. The van der Waals surface area contributed by atoms with E-state index in [0.29, 0.717) is 18.3 Å². The van der Waals surface area contributed by atoms with Crippen molar-refractivity contribution >= 4 is 32.8 Å². The van der Waals surface area contributed by atoms with E-state index in [2.05, 4.69) is 70.0 Å². The first-order valence-electron chi connectivity index (χ1n) is 9.78. The maximum atomic E-state index is 5.49. The van der Waals surface area contributed by atoms with Crippen LogP contribution in [0.15, 0.2) is 39.7 Å². The lowest BCUT2D eigenvalue weighted by atomic mass is 10.1. The SMILES string of the molecule is Cc1ccc(-c2noc(CN3CCN(c4ncnc5c4c(Br)nn5C)CC3)n2)cc1. The number of aryl methyl sites for hydroxylation is 2. The van der Waals surface area contributed by atoms with Gasteiger partial charge in [-0.2, -0.15) is 10.1 Å². The second kappa shape index (κ2) is 7.77. The molecule has 0 bridgehead atoms. The molecule has 3 aromatic heterocycles. The Morgan fingerprint density at radius 2 is 1.83 bits per heavy atom. The van der Waals surface area contributed by atoms with Crippen LogP contribution in [0, 0.1) is 6.92 Å². The van der Waals surface area contributed by atoms with Crippen molar-refractivity contribution in [2.24, 2.45) is 7.05 Å². The van der Waals surface area contributed by atoms with E-state index in [1.165, 1.54) is 5.56 Å². The number of piperazine rings is 1. The van der Waals surface area contributed by atoms with Gasteiger partial charge in [0.2, 0.25) is 11.7 Å². The molecule has 0 N–H and O–H groups in total. The predicted octanol–water partition coefficient (Wildman–Crippen LogP) is 2.81. The molecule has 1 aromatic carbocycles. The van der Waals surface area contributed by atoms with Crippen molar-refractivity contribution in [3.05, 3.63) is 46.7 Å². The fourth-order valence-corrected chi connectivity index (χ4v) is 4.31. The fraction of sp³-hybridized carbons (Fsp3) is 0.350. The zero-order valence-electron chi connectivity index (χ0n) is 16.8. The van der Waals surface area contributed by atoms with Crippen LogP contribution in [0.1, 0.15) is 11.5 Å². The van der Waals surface area contributed by atoms with Crippen LogP contribution in [-0.4, -0.2) is 61.0 Å².